The highest BCUT2D eigenvalue weighted by atomic mass is 32.1. The van der Waals surface area contributed by atoms with Gasteiger partial charge in [-0.15, -0.1) is 11.3 Å². The van der Waals surface area contributed by atoms with Crippen LogP contribution in [0.3, 0.4) is 0 Å². The van der Waals surface area contributed by atoms with Gasteiger partial charge in [0.2, 0.25) is 0 Å². The van der Waals surface area contributed by atoms with Crippen LogP contribution >= 0.6 is 11.3 Å². The number of aromatic nitrogens is 1. The second kappa shape index (κ2) is 5.02. The summed E-state index contributed by atoms with van der Waals surface area (Å²) in [5.74, 6) is 0. The van der Waals surface area contributed by atoms with Crippen LogP contribution in [0.15, 0.2) is 48.5 Å². The van der Waals surface area contributed by atoms with Crippen LogP contribution in [0.4, 0.5) is 0 Å². The molecule has 0 atom stereocenters. The third-order valence-electron chi connectivity index (χ3n) is 3.85. The lowest BCUT2D eigenvalue weighted by atomic mass is 9.86. The van der Waals surface area contributed by atoms with Crippen molar-refractivity contribution >= 4 is 21.4 Å². The van der Waals surface area contributed by atoms with Gasteiger partial charge in [0.25, 0.3) is 0 Å². The van der Waals surface area contributed by atoms with Crippen molar-refractivity contribution in [2.45, 2.75) is 32.6 Å². The molecular formula is C18H19NS. The molecule has 0 amide bonds. The second-order valence-electron chi connectivity index (χ2n) is 5.64. The summed E-state index contributed by atoms with van der Waals surface area (Å²) >= 11 is 1.87. The van der Waals surface area contributed by atoms with Gasteiger partial charge in [0.05, 0.1) is 5.69 Å². The fraction of sp³-hybridized carbons (Fsp3) is 0.278. The quantitative estimate of drug-likeness (QED) is 0.644. The molecule has 0 bridgehead atoms. The third kappa shape index (κ3) is 2.25. The zero-order valence-corrected chi connectivity index (χ0v) is 13.0. The first-order chi connectivity index (χ1) is 9.61. The molecule has 0 spiro atoms. The van der Waals surface area contributed by atoms with Gasteiger partial charge in [-0.05, 0) is 49.9 Å². The van der Waals surface area contributed by atoms with Gasteiger partial charge < -0.3 is 0 Å². The molecule has 0 saturated heterocycles. The summed E-state index contributed by atoms with van der Waals surface area (Å²) < 4.78 is 1.35. The first kappa shape index (κ1) is 13.3. The summed E-state index contributed by atoms with van der Waals surface area (Å²) in [7, 11) is 0. The van der Waals surface area contributed by atoms with E-state index >= 15 is 0 Å². The van der Waals surface area contributed by atoms with Crippen molar-refractivity contribution < 1.29 is 0 Å². The predicted molar refractivity (Wildman–Crippen MR) is 87.6 cm³/mol. The van der Waals surface area contributed by atoms with Gasteiger partial charge in [0.15, 0.2) is 0 Å². The van der Waals surface area contributed by atoms with Crippen LogP contribution in [-0.2, 0) is 11.8 Å². The molecule has 2 aromatic heterocycles. The molecule has 0 unspecified atom stereocenters. The summed E-state index contributed by atoms with van der Waals surface area (Å²) in [6.07, 6.45) is 0.982. The Labute approximate surface area is 124 Å². The maximum atomic E-state index is 4.82. The summed E-state index contributed by atoms with van der Waals surface area (Å²) in [5, 5.41) is 1.33. The molecule has 2 heteroatoms. The number of thiophene rings is 1. The SMILES string of the molecule is CCc1cccc(C(C)(C)c2cc3ccccc3s2)n1. The Balaban J connectivity index is 2.09. The average molecular weight is 281 g/mol. The van der Waals surface area contributed by atoms with Gasteiger partial charge in [-0.1, -0.05) is 31.2 Å². The van der Waals surface area contributed by atoms with Crippen molar-refractivity contribution in [3.63, 3.8) is 0 Å². The fourth-order valence-electron chi connectivity index (χ4n) is 2.44. The zero-order valence-electron chi connectivity index (χ0n) is 12.2. The molecule has 1 aromatic carbocycles. The van der Waals surface area contributed by atoms with Crippen LogP contribution < -0.4 is 0 Å². The van der Waals surface area contributed by atoms with Gasteiger partial charge in [0.1, 0.15) is 0 Å². The lowest BCUT2D eigenvalue weighted by Crippen LogP contribution is -2.19. The number of hydrogen-bond donors (Lipinski definition) is 0. The molecule has 0 aliphatic rings. The molecule has 0 aliphatic carbocycles. The van der Waals surface area contributed by atoms with Crippen LogP contribution in [0, 0.1) is 0 Å². The number of benzene rings is 1. The monoisotopic (exact) mass is 281 g/mol. The number of pyridine rings is 1. The number of nitrogens with zero attached hydrogens (tertiary/aromatic N) is 1. The van der Waals surface area contributed by atoms with Crippen molar-refractivity contribution in [1.82, 2.24) is 4.98 Å². The van der Waals surface area contributed by atoms with E-state index in [-0.39, 0.29) is 5.41 Å². The predicted octanol–water partition coefficient (Wildman–Crippen LogP) is 5.18. The Morgan fingerprint density at radius 2 is 1.85 bits per heavy atom. The minimum Gasteiger partial charge on any atom is -0.257 e. The highest BCUT2D eigenvalue weighted by molar-refractivity contribution is 7.19. The Morgan fingerprint density at radius 3 is 2.60 bits per heavy atom. The van der Waals surface area contributed by atoms with Crippen molar-refractivity contribution in [3.05, 3.63) is 64.8 Å². The molecule has 20 heavy (non-hydrogen) atoms. The van der Waals surface area contributed by atoms with E-state index in [1.807, 2.05) is 11.3 Å². The van der Waals surface area contributed by atoms with E-state index in [1.54, 1.807) is 0 Å². The second-order valence-corrected chi connectivity index (χ2v) is 6.72. The minimum absolute atomic E-state index is 0.0468. The topological polar surface area (TPSA) is 12.9 Å². The van der Waals surface area contributed by atoms with Crippen molar-refractivity contribution in [3.8, 4) is 0 Å². The number of fused-ring (bicyclic) bond motifs is 1. The van der Waals surface area contributed by atoms with Gasteiger partial charge >= 0.3 is 0 Å². The van der Waals surface area contributed by atoms with E-state index < -0.39 is 0 Å². The highest BCUT2D eigenvalue weighted by Crippen LogP contribution is 2.38. The molecule has 3 aromatic rings. The van der Waals surface area contributed by atoms with E-state index in [2.05, 4.69) is 69.3 Å². The summed E-state index contributed by atoms with van der Waals surface area (Å²) in [6, 6.07) is 17.2. The van der Waals surface area contributed by atoms with Crippen molar-refractivity contribution in [1.29, 1.82) is 0 Å². The molecule has 2 heterocycles. The van der Waals surface area contributed by atoms with Crippen LogP contribution in [0.25, 0.3) is 10.1 Å². The fourth-order valence-corrected chi connectivity index (χ4v) is 3.61. The Morgan fingerprint density at radius 1 is 1.05 bits per heavy atom. The molecule has 0 fully saturated rings. The van der Waals surface area contributed by atoms with Crippen molar-refractivity contribution in [2.24, 2.45) is 0 Å². The van der Waals surface area contributed by atoms with Gasteiger partial charge in [-0.3, -0.25) is 4.98 Å². The van der Waals surface area contributed by atoms with E-state index in [1.165, 1.54) is 15.0 Å². The van der Waals surface area contributed by atoms with E-state index in [4.69, 9.17) is 4.98 Å². The van der Waals surface area contributed by atoms with Crippen LogP contribution in [0.2, 0.25) is 0 Å². The molecular weight excluding hydrogens is 262 g/mol. The Bertz CT molecular complexity index is 707. The Hall–Kier alpha value is -1.67. The van der Waals surface area contributed by atoms with E-state index in [0.29, 0.717) is 0 Å². The van der Waals surface area contributed by atoms with Gasteiger partial charge in [0, 0.05) is 20.7 Å². The molecule has 3 rings (SSSR count). The van der Waals surface area contributed by atoms with Gasteiger partial charge in [-0.25, -0.2) is 0 Å². The van der Waals surface area contributed by atoms with E-state index in [9.17, 15) is 0 Å². The lowest BCUT2D eigenvalue weighted by Gasteiger charge is -2.23. The summed E-state index contributed by atoms with van der Waals surface area (Å²) in [4.78, 5) is 6.19. The maximum Gasteiger partial charge on any atom is 0.0515 e. The van der Waals surface area contributed by atoms with Crippen LogP contribution in [-0.4, -0.2) is 4.98 Å². The minimum atomic E-state index is -0.0468. The van der Waals surface area contributed by atoms with Crippen LogP contribution in [0.5, 0.6) is 0 Å². The average Bonchev–Trinajstić information content (AvgIpc) is 2.92. The molecule has 1 nitrogen and oxygen atoms in total. The van der Waals surface area contributed by atoms with E-state index in [0.717, 1.165) is 17.8 Å². The number of rotatable bonds is 3. The Kier molecular flexibility index (Phi) is 3.35. The molecule has 0 radical (unpaired) electrons. The smallest absolute Gasteiger partial charge is 0.0515 e. The standard InChI is InChI=1S/C18H19NS/c1-4-14-9-7-11-16(19-14)18(2,3)17-12-13-8-5-6-10-15(13)20-17/h5-12H,4H2,1-3H3. The van der Waals surface area contributed by atoms with Crippen molar-refractivity contribution in [2.75, 3.05) is 0 Å². The molecule has 0 N–H and O–H groups in total. The zero-order chi connectivity index (χ0) is 14.2. The lowest BCUT2D eigenvalue weighted by molar-refractivity contribution is 0.626. The normalized spacial score (nSPS) is 11.9. The largest absolute Gasteiger partial charge is 0.257 e. The molecule has 0 saturated carbocycles. The first-order valence-corrected chi connectivity index (χ1v) is 7.88. The molecule has 0 aliphatic heterocycles. The number of aryl methyl sites for hydroxylation is 1. The van der Waals surface area contributed by atoms with Gasteiger partial charge in [-0.2, -0.15) is 0 Å². The first-order valence-electron chi connectivity index (χ1n) is 7.06. The third-order valence-corrected chi connectivity index (χ3v) is 5.29. The summed E-state index contributed by atoms with van der Waals surface area (Å²) in [5.41, 5.74) is 2.27. The summed E-state index contributed by atoms with van der Waals surface area (Å²) in [6.45, 7) is 6.68. The molecule has 102 valence electrons. The highest BCUT2D eigenvalue weighted by Gasteiger charge is 2.26. The van der Waals surface area contributed by atoms with Crippen LogP contribution in [0.1, 0.15) is 37.0 Å². The number of hydrogen-bond acceptors (Lipinski definition) is 2. The maximum absolute atomic E-state index is 4.82.